The molecule has 0 unspecified atom stereocenters. The number of pyridine rings is 1. The SMILES string of the molecule is O=C[C@H](CC(=O)O)NC(=O)[C@@H]1CC=CN2C(=O)CC[C@H](NC(=O)/C=C/c3ccncc3)C(=O)N12. The molecule has 1 saturated heterocycles. The molecule has 12 heteroatoms. The highest BCUT2D eigenvalue weighted by molar-refractivity contribution is 5.99. The maximum absolute atomic E-state index is 13.3. The predicted molar refractivity (Wildman–Crippen MR) is 116 cm³/mol. The van der Waals surface area contributed by atoms with Crippen LogP contribution in [0.1, 0.15) is 31.2 Å². The summed E-state index contributed by atoms with van der Waals surface area (Å²) < 4.78 is 0. The zero-order chi connectivity index (χ0) is 24.7. The van der Waals surface area contributed by atoms with E-state index in [0.29, 0.717) is 0 Å². The molecule has 12 nitrogen and oxygen atoms in total. The molecule has 1 aromatic heterocycles. The standard InChI is InChI=1S/C22H23N5O7/c28-13-15(12-20(31)32)24-21(33)17-2-1-11-26-19(30)6-4-16(22(34)27(17)26)25-18(29)5-3-14-7-9-23-10-8-14/h1,3,5,7-11,13,15-17H,2,4,6,12H2,(H,24,33)(H,25,29)(H,31,32)/b5-3+/t15-,16-,17-/m0/s1. The summed E-state index contributed by atoms with van der Waals surface area (Å²) in [5.41, 5.74) is 0.725. The summed E-state index contributed by atoms with van der Waals surface area (Å²) in [5.74, 6) is -3.78. The number of carboxylic acids is 1. The van der Waals surface area contributed by atoms with E-state index in [9.17, 15) is 28.8 Å². The molecule has 0 aliphatic carbocycles. The lowest BCUT2D eigenvalue weighted by Gasteiger charge is -2.39. The van der Waals surface area contributed by atoms with Crippen molar-refractivity contribution in [3.63, 3.8) is 0 Å². The Balaban J connectivity index is 1.76. The van der Waals surface area contributed by atoms with E-state index in [4.69, 9.17) is 5.11 Å². The van der Waals surface area contributed by atoms with Gasteiger partial charge in [0, 0.05) is 31.1 Å². The quantitative estimate of drug-likeness (QED) is 0.335. The molecule has 2 aliphatic heterocycles. The Labute approximate surface area is 194 Å². The third-order valence-corrected chi connectivity index (χ3v) is 5.20. The van der Waals surface area contributed by atoms with Gasteiger partial charge in [-0.3, -0.25) is 29.0 Å². The largest absolute Gasteiger partial charge is 0.481 e. The highest BCUT2D eigenvalue weighted by Crippen LogP contribution is 2.24. The summed E-state index contributed by atoms with van der Waals surface area (Å²) in [6, 6.07) is -0.195. The number of hydrazine groups is 1. The molecule has 0 saturated carbocycles. The maximum Gasteiger partial charge on any atom is 0.305 e. The lowest BCUT2D eigenvalue weighted by atomic mass is 10.1. The minimum Gasteiger partial charge on any atom is -0.481 e. The monoisotopic (exact) mass is 469 g/mol. The number of carbonyl (C=O) groups excluding carboxylic acids is 5. The number of hydrogen-bond acceptors (Lipinski definition) is 7. The number of aliphatic carboxylic acids is 1. The molecule has 0 radical (unpaired) electrons. The van der Waals surface area contributed by atoms with E-state index in [2.05, 4.69) is 15.6 Å². The van der Waals surface area contributed by atoms with Gasteiger partial charge in [0.05, 0.1) is 12.5 Å². The van der Waals surface area contributed by atoms with E-state index in [1.807, 2.05) is 0 Å². The van der Waals surface area contributed by atoms with E-state index in [0.717, 1.165) is 15.6 Å². The van der Waals surface area contributed by atoms with Gasteiger partial charge in [0.15, 0.2) is 0 Å². The topological polar surface area (TPSA) is 166 Å². The number of carboxylic acid groups (broad SMARTS) is 1. The number of amides is 4. The van der Waals surface area contributed by atoms with Crippen LogP contribution in [-0.2, 0) is 28.8 Å². The average molecular weight is 469 g/mol. The highest BCUT2D eigenvalue weighted by atomic mass is 16.4. The molecule has 34 heavy (non-hydrogen) atoms. The molecule has 0 spiro atoms. The molecule has 178 valence electrons. The first-order chi connectivity index (χ1) is 16.3. The number of fused-ring (bicyclic) bond motifs is 1. The molecule has 4 amide bonds. The second kappa shape index (κ2) is 11.0. The number of rotatable bonds is 8. The third kappa shape index (κ3) is 5.91. The summed E-state index contributed by atoms with van der Waals surface area (Å²) in [6.45, 7) is 0. The molecular weight excluding hydrogens is 446 g/mol. The normalized spacial score (nSPS) is 20.9. The van der Waals surface area contributed by atoms with Crippen molar-refractivity contribution in [2.75, 3.05) is 0 Å². The molecule has 3 heterocycles. The van der Waals surface area contributed by atoms with Crippen molar-refractivity contribution in [3.05, 3.63) is 48.4 Å². The van der Waals surface area contributed by atoms with Gasteiger partial charge < -0.3 is 20.5 Å². The number of nitrogens with one attached hydrogen (secondary N) is 2. The van der Waals surface area contributed by atoms with Crippen molar-refractivity contribution < 1.29 is 33.9 Å². The van der Waals surface area contributed by atoms with Crippen LogP contribution in [-0.4, -0.2) is 74.1 Å². The number of aldehydes is 1. The lowest BCUT2D eigenvalue weighted by Crippen LogP contribution is -2.61. The van der Waals surface area contributed by atoms with Crippen LogP contribution in [0.25, 0.3) is 6.08 Å². The van der Waals surface area contributed by atoms with Gasteiger partial charge in [0.2, 0.25) is 17.7 Å². The van der Waals surface area contributed by atoms with Gasteiger partial charge in [-0.2, -0.15) is 0 Å². The van der Waals surface area contributed by atoms with E-state index in [1.54, 1.807) is 24.5 Å². The molecule has 1 aromatic rings. The van der Waals surface area contributed by atoms with E-state index in [-0.39, 0.29) is 25.5 Å². The third-order valence-electron chi connectivity index (χ3n) is 5.20. The van der Waals surface area contributed by atoms with Gasteiger partial charge in [0.1, 0.15) is 18.4 Å². The zero-order valence-corrected chi connectivity index (χ0v) is 18.0. The van der Waals surface area contributed by atoms with Gasteiger partial charge in [-0.15, -0.1) is 0 Å². The van der Waals surface area contributed by atoms with Crippen LogP contribution in [0.3, 0.4) is 0 Å². The zero-order valence-electron chi connectivity index (χ0n) is 18.0. The van der Waals surface area contributed by atoms with Crippen LogP contribution >= 0.6 is 0 Å². The average Bonchev–Trinajstić information content (AvgIpc) is 2.94. The molecule has 3 atom stereocenters. The predicted octanol–water partition coefficient (Wildman–Crippen LogP) is -0.610. The Morgan fingerprint density at radius 3 is 2.65 bits per heavy atom. The first kappa shape index (κ1) is 24.3. The molecule has 3 rings (SSSR count). The number of carbonyl (C=O) groups is 6. The van der Waals surface area contributed by atoms with Crippen molar-refractivity contribution in [1.29, 1.82) is 0 Å². The molecule has 2 aliphatic rings. The van der Waals surface area contributed by atoms with Gasteiger partial charge in [0.25, 0.3) is 5.91 Å². The second-order valence-corrected chi connectivity index (χ2v) is 7.62. The van der Waals surface area contributed by atoms with Crippen molar-refractivity contribution in [1.82, 2.24) is 25.6 Å². The van der Waals surface area contributed by atoms with Gasteiger partial charge >= 0.3 is 5.97 Å². The van der Waals surface area contributed by atoms with Crippen LogP contribution < -0.4 is 10.6 Å². The Kier molecular flexibility index (Phi) is 7.85. The second-order valence-electron chi connectivity index (χ2n) is 7.62. The van der Waals surface area contributed by atoms with Crippen molar-refractivity contribution in [2.24, 2.45) is 0 Å². The van der Waals surface area contributed by atoms with E-state index >= 15 is 0 Å². The lowest BCUT2D eigenvalue weighted by molar-refractivity contribution is -0.166. The summed E-state index contributed by atoms with van der Waals surface area (Å²) in [4.78, 5) is 77.1. The van der Waals surface area contributed by atoms with Crippen molar-refractivity contribution in [3.8, 4) is 0 Å². The van der Waals surface area contributed by atoms with Gasteiger partial charge in [-0.25, -0.2) is 10.0 Å². The summed E-state index contributed by atoms with van der Waals surface area (Å²) >= 11 is 0. The smallest absolute Gasteiger partial charge is 0.305 e. The molecule has 0 aromatic carbocycles. The number of hydrogen-bond donors (Lipinski definition) is 3. The Morgan fingerprint density at radius 1 is 1.24 bits per heavy atom. The first-order valence-electron chi connectivity index (χ1n) is 10.5. The number of aromatic nitrogens is 1. The molecule has 3 N–H and O–H groups in total. The molecular formula is C22H23N5O7. The summed E-state index contributed by atoms with van der Waals surface area (Å²) in [7, 11) is 0. The summed E-state index contributed by atoms with van der Waals surface area (Å²) in [5, 5.41) is 15.7. The van der Waals surface area contributed by atoms with E-state index in [1.165, 1.54) is 24.4 Å². The van der Waals surface area contributed by atoms with Crippen LogP contribution in [0.5, 0.6) is 0 Å². The minimum atomic E-state index is -1.30. The fraction of sp³-hybridized carbons (Fsp3) is 0.318. The Bertz CT molecular complexity index is 1040. The van der Waals surface area contributed by atoms with Gasteiger partial charge in [-0.05, 0) is 36.6 Å². The fourth-order valence-electron chi connectivity index (χ4n) is 3.56. The molecule has 1 fully saturated rings. The Hall–Kier alpha value is -4.35. The molecule has 0 bridgehead atoms. The summed E-state index contributed by atoms with van der Waals surface area (Å²) in [6.07, 6.45) is 8.45. The Morgan fingerprint density at radius 2 is 1.97 bits per heavy atom. The van der Waals surface area contributed by atoms with Crippen LogP contribution in [0.2, 0.25) is 0 Å². The van der Waals surface area contributed by atoms with Crippen molar-refractivity contribution in [2.45, 2.75) is 43.8 Å². The van der Waals surface area contributed by atoms with Crippen LogP contribution in [0.4, 0.5) is 0 Å². The van der Waals surface area contributed by atoms with Crippen LogP contribution in [0.15, 0.2) is 42.9 Å². The maximum atomic E-state index is 13.3. The van der Waals surface area contributed by atoms with E-state index < -0.39 is 54.1 Å². The van der Waals surface area contributed by atoms with Crippen molar-refractivity contribution >= 4 is 42.0 Å². The number of nitrogens with zero attached hydrogens (tertiary/aromatic N) is 3. The van der Waals surface area contributed by atoms with Crippen LogP contribution in [0, 0.1) is 0 Å². The fourth-order valence-corrected chi connectivity index (χ4v) is 3.56. The van der Waals surface area contributed by atoms with Gasteiger partial charge in [-0.1, -0.05) is 6.08 Å². The highest BCUT2D eigenvalue weighted by Gasteiger charge is 2.43. The first-order valence-corrected chi connectivity index (χ1v) is 10.5. The minimum absolute atomic E-state index is 0.0255.